The van der Waals surface area contributed by atoms with Crippen molar-refractivity contribution in [3.05, 3.63) is 79.5 Å². The second-order valence-corrected chi connectivity index (χ2v) is 7.28. The minimum absolute atomic E-state index is 0.0269. The molecule has 1 unspecified atom stereocenters. The van der Waals surface area contributed by atoms with Crippen molar-refractivity contribution in [2.24, 2.45) is 0 Å². The number of anilines is 1. The predicted octanol–water partition coefficient (Wildman–Crippen LogP) is 4.13. The molecule has 2 aromatic rings. The number of carbonyl (C=O) groups excluding carboxylic acids is 2. The molecule has 150 valence electrons. The zero-order chi connectivity index (χ0) is 21.3. The van der Waals surface area contributed by atoms with Gasteiger partial charge in [0.25, 0.3) is 11.6 Å². The SMILES string of the molecule is CC1=C(C(=O)Nc2cc(C)cc(C)c2)C(c2ccc(Cl)c([N+](=O)[O-])c2)NC(=O)N1. The van der Waals surface area contributed by atoms with E-state index in [9.17, 15) is 19.7 Å². The molecule has 0 saturated carbocycles. The fraction of sp³-hybridized carbons (Fsp3) is 0.200. The van der Waals surface area contributed by atoms with Crippen LogP contribution in [0.25, 0.3) is 0 Å². The van der Waals surface area contributed by atoms with Gasteiger partial charge in [0.15, 0.2) is 0 Å². The largest absolute Gasteiger partial charge is 0.327 e. The molecule has 3 amide bonds. The van der Waals surface area contributed by atoms with Gasteiger partial charge in [-0.05, 0) is 55.7 Å². The second kappa shape index (κ2) is 7.92. The molecule has 0 aliphatic carbocycles. The van der Waals surface area contributed by atoms with Crippen LogP contribution in [0, 0.1) is 24.0 Å². The fourth-order valence-corrected chi connectivity index (χ4v) is 3.53. The lowest BCUT2D eigenvalue weighted by molar-refractivity contribution is -0.384. The van der Waals surface area contributed by atoms with E-state index >= 15 is 0 Å². The summed E-state index contributed by atoms with van der Waals surface area (Å²) >= 11 is 5.89. The molecule has 0 saturated heterocycles. The molecule has 1 atom stereocenters. The number of amides is 3. The highest BCUT2D eigenvalue weighted by Crippen LogP contribution is 2.33. The van der Waals surface area contributed by atoms with E-state index in [1.54, 1.807) is 13.0 Å². The van der Waals surface area contributed by atoms with Crippen molar-refractivity contribution in [3.63, 3.8) is 0 Å². The Hall–Kier alpha value is -3.39. The van der Waals surface area contributed by atoms with Gasteiger partial charge in [-0.25, -0.2) is 4.79 Å². The molecule has 0 spiro atoms. The quantitative estimate of drug-likeness (QED) is 0.515. The zero-order valence-electron chi connectivity index (χ0n) is 16.0. The van der Waals surface area contributed by atoms with Crippen molar-refractivity contribution >= 4 is 34.9 Å². The third kappa shape index (κ3) is 4.38. The first-order valence-electron chi connectivity index (χ1n) is 8.77. The highest BCUT2D eigenvalue weighted by molar-refractivity contribution is 6.32. The lowest BCUT2D eigenvalue weighted by Crippen LogP contribution is -2.46. The van der Waals surface area contributed by atoms with Gasteiger partial charge in [0.1, 0.15) is 5.02 Å². The van der Waals surface area contributed by atoms with Crippen LogP contribution >= 0.6 is 11.6 Å². The molecule has 1 aliphatic heterocycles. The number of nitro groups is 1. The third-order valence-electron chi connectivity index (χ3n) is 4.49. The van der Waals surface area contributed by atoms with Crippen molar-refractivity contribution in [1.82, 2.24) is 10.6 Å². The number of urea groups is 1. The first-order chi connectivity index (χ1) is 13.7. The summed E-state index contributed by atoms with van der Waals surface area (Å²) in [6.07, 6.45) is 0. The summed E-state index contributed by atoms with van der Waals surface area (Å²) in [5, 5.41) is 19.3. The topological polar surface area (TPSA) is 113 Å². The van der Waals surface area contributed by atoms with Gasteiger partial charge in [0, 0.05) is 17.5 Å². The molecule has 1 heterocycles. The third-order valence-corrected chi connectivity index (χ3v) is 4.81. The van der Waals surface area contributed by atoms with Crippen LogP contribution < -0.4 is 16.0 Å². The molecule has 3 N–H and O–H groups in total. The minimum atomic E-state index is -0.870. The molecular formula is C20H19ClN4O4. The number of rotatable bonds is 4. The zero-order valence-corrected chi connectivity index (χ0v) is 16.8. The van der Waals surface area contributed by atoms with Crippen molar-refractivity contribution in [1.29, 1.82) is 0 Å². The Morgan fingerprint density at radius 3 is 2.41 bits per heavy atom. The van der Waals surface area contributed by atoms with E-state index in [-0.39, 0.29) is 16.3 Å². The summed E-state index contributed by atoms with van der Waals surface area (Å²) in [4.78, 5) is 35.7. The molecule has 0 aromatic heterocycles. The number of aryl methyl sites for hydroxylation is 2. The summed E-state index contributed by atoms with van der Waals surface area (Å²) < 4.78 is 0. The molecular weight excluding hydrogens is 396 g/mol. The Kier molecular flexibility index (Phi) is 5.56. The number of nitrogens with zero attached hydrogens (tertiary/aromatic N) is 1. The van der Waals surface area contributed by atoms with Crippen LogP contribution in [0.1, 0.15) is 29.7 Å². The van der Waals surface area contributed by atoms with Gasteiger partial charge in [-0.2, -0.15) is 0 Å². The van der Waals surface area contributed by atoms with Gasteiger partial charge in [0.2, 0.25) is 0 Å². The van der Waals surface area contributed by atoms with E-state index in [1.807, 2.05) is 32.0 Å². The Morgan fingerprint density at radius 1 is 1.14 bits per heavy atom. The maximum Gasteiger partial charge on any atom is 0.319 e. The van der Waals surface area contributed by atoms with Crippen LogP contribution in [0.3, 0.4) is 0 Å². The van der Waals surface area contributed by atoms with Crippen molar-refractivity contribution < 1.29 is 14.5 Å². The highest BCUT2D eigenvalue weighted by Gasteiger charge is 2.32. The van der Waals surface area contributed by atoms with E-state index in [0.717, 1.165) is 11.1 Å². The lowest BCUT2D eigenvalue weighted by Gasteiger charge is -2.28. The average molecular weight is 415 g/mol. The van der Waals surface area contributed by atoms with Crippen molar-refractivity contribution in [2.45, 2.75) is 26.8 Å². The van der Waals surface area contributed by atoms with E-state index in [1.165, 1.54) is 12.1 Å². The molecule has 2 aromatic carbocycles. The number of nitrogens with one attached hydrogen (secondary N) is 3. The number of hydrogen-bond acceptors (Lipinski definition) is 4. The second-order valence-electron chi connectivity index (χ2n) is 6.87. The Balaban J connectivity index is 2.01. The van der Waals surface area contributed by atoms with E-state index < -0.39 is 22.9 Å². The Morgan fingerprint density at radius 2 is 1.79 bits per heavy atom. The lowest BCUT2D eigenvalue weighted by atomic mass is 9.94. The summed E-state index contributed by atoms with van der Waals surface area (Å²) in [6, 6.07) is 8.45. The van der Waals surface area contributed by atoms with Crippen molar-refractivity contribution in [3.8, 4) is 0 Å². The smallest absolute Gasteiger partial charge is 0.319 e. The first kappa shape index (κ1) is 20.3. The van der Waals surface area contributed by atoms with E-state index in [4.69, 9.17) is 11.6 Å². The van der Waals surface area contributed by atoms with Crippen LogP contribution in [0.2, 0.25) is 5.02 Å². The monoisotopic (exact) mass is 414 g/mol. The average Bonchev–Trinajstić information content (AvgIpc) is 2.60. The number of nitro benzene ring substituents is 1. The van der Waals surface area contributed by atoms with Crippen molar-refractivity contribution in [2.75, 3.05) is 5.32 Å². The van der Waals surface area contributed by atoms with Crippen LogP contribution in [-0.2, 0) is 4.79 Å². The van der Waals surface area contributed by atoms with Gasteiger partial charge in [-0.3, -0.25) is 14.9 Å². The van der Waals surface area contributed by atoms with Crippen LogP contribution in [0.15, 0.2) is 47.7 Å². The highest BCUT2D eigenvalue weighted by atomic mass is 35.5. The molecule has 3 rings (SSSR count). The van der Waals surface area contributed by atoms with Crippen LogP contribution in [0.4, 0.5) is 16.2 Å². The maximum atomic E-state index is 13.1. The fourth-order valence-electron chi connectivity index (χ4n) is 3.34. The number of benzene rings is 2. The normalized spacial score (nSPS) is 16.1. The van der Waals surface area contributed by atoms with Gasteiger partial charge in [-0.1, -0.05) is 23.7 Å². The number of carbonyl (C=O) groups is 2. The molecule has 8 nitrogen and oxygen atoms in total. The molecule has 9 heteroatoms. The molecule has 0 bridgehead atoms. The van der Waals surface area contributed by atoms with Gasteiger partial charge >= 0.3 is 6.03 Å². The van der Waals surface area contributed by atoms with E-state index in [0.29, 0.717) is 16.9 Å². The summed E-state index contributed by atoms with van der Waals surface area (Å²) in [5.41, 5.74) is 3.28. The van der Waals surface area contributed by atoms with E-state index in [2.05, 4.69) is 16.0 Å². The Labute approximate surface area is 172 Å². The van der Waals surface area contributed by atoms with Crippen LogP contribution in [0.5, 0.6) is 0 Å². The van der Waals surface area contributed by atoms with Gasteiger partial charge < -0.3 is 16.0 Å². The molecule has 29 heavy (non-hydrogen) atoms. The van der Waals surface area contributed by atoms with Crippen LogP contribution in [-0.4, -0.2) is 16.9 Å². The summed E-state index contributed by atoms with van der Waals surface area (Å²) in [7, 11) is 0. The summed E-state index contributed by atoms with van der Waals surface area (Å²) in [5.74, 6) is -0.428. The van der Waals surface area contributed by atoms with Gasteiger partial charge in [-0.15, -0.1) is 0 Å². The first-order valence-corrected chi connectivity index (χ1v) is 9.15. The summed E-state index contributed by atoms with van der Waals surface area (Å²) in [6.45, 7) is 5.45. The number of halogens is 1. The molecule has 0 fully saturated rings. The maximum absolute atomic E-state index is 13.1. The minimum Gasteiger partial charge on any atom is -0.327 e. The van der Waals surface area contributed by atoms with Gasteiger partial charge in [0.05, 0.1) is 16.5 Å². The number of hydrogen-bond donors (Lipinski definition) is 3. The number of allylic oxidation sites excluding steroid dienone is 1. The molecule has 0 radical (unpaired) electrons. The predicted molar refractivity (Wildman–Crippen MR) is 110 cm³/mol. The Bertz CT molecular complexity index is 1040. The standard InChI is InChI=1S/C20H19ClN4O4/c1-10-6-11(2)8-14(7-10)23-19(26)17-12(3)22-20(27)24-18(17)13-4-5-15(21)16(9-13)25(28)29/h4-9,18H,1-3H3,(H,23,26)(H2,22,24,27). The molecule has 1 aliphatic rings.